The van der Waals surface area contributed by atoms with Gasteiger partial charge in [-0.1, -0.05) is 32.0 Å². The van der Waals surface area contributed by atoms with Crippen molar-refractivity contribution in [1.82, 2.24) is 0 Å². The Bertz CT molecular complexity index is 853. The number of aliphatic carboxylic acids is 1. The predicted octanol–water partition coefficient (Wildman–Crippen LogP) is 2.38. The maximum absolute atomic E-state index is 11.9. The van der Waals surface area contributed by atoms with Gasteiger partial charge in [0, 0.05) is 18.5 Å². The zero-order valence-corrected chi connectivity index (χ0v) is 16.3. The first-order valence-electron chi connectivity index (χ1n) is 9.02. The molecule has 2 fully saturated rings. The van der Waals surface area contributed by atoms with E-state index in [1.807, 2.05) is 38.1 Å². The van der Waals surface area contributed by atoms with Gasteiger partial charge in [-0.25, -0.2) is 4.79 Å². The molecular formula is C19H25NO6S. The third kappa shape index (κ3) is 3.48. The Labute approximate surface area is 158 Å². The van der Waals surface area contributed by atoms with Crippen molar-refractivity contribution in [3.63, 3.8) is 0 Å². The van der Waals surface area contributed by atoms with Crippen LogP contribution in [-0.4, -0.2) is 41.6 Å². The van der Waals surface area contributed by atoms with E-state index in [4.69, 9.17) is 9.66 Å². The van der Waals surface area contributed by atoms with Crippen LogP contribution < -0.4 is 5.32 Å². The lowest BCUT2D eigenvalue weighted by Crippen LogP contribution is -2.42. The van der Waals surface area contributed by atoms with Crippen molar-refractivity contribution in [2.24, 2.45) is 16.7 Å². The van der Waals surface area contributed by atoms with E-state index in [1.54, 1.807) is 0 Å². The minimum Gasteiger partial charge on any atom is -0.480 e. The first-order chi connectivity index (χ1) is 12.5. The van der Waals surface area contributed by atoms with Gasteiger partial charge in [0.05, 0.1) is 11.2 Å². The van der Waals surface area contributed by atoms with E-state index < -0.39 is 33.3 Å². The van der Waals surface area contributed by atoms with Gasteiger partial charge in [-0.05, 0) is 35.8 Å². The van der Waals surface area contributed by atoms with Gasteiger partial charge in [-0.2, -0.15) is 8.42 Å². The number of anilines is 1. The average Bonchev–Trinajstić information content (AvgIpc) is 3.14. The fourth-order valence-electron chi connectivity index (χ4n) is 4.87. The number of hydrogen-bond acceptors (Lipinski definition) is 5. The highest BCUT2D eigenvalue weighted by molar-refractivity contribution is 7.85. The number of fused-ring (bicyclic) bond motifs is 3. The highest BCUT2D eigenvalue weighted by Crippen LogP contribution is 2.64. The second kappa shape index (κ2) is 6.60. The summed E-state index contributed by atoms with van der Waals surface area (Å²) in [6, 6.07) is 7.23. The Balaban J connectivity index is 0.000000159. The molecule has 27 heavy (non-hydrogen) atoms. The molecule has 0 amide bonds. The van der Waals surface area contributed by atoms with Gasteiger partial charge in [-0.15, -0.1) is 0 Å². The van der Waals surface area contributed by atoms with E-state index in [0.29, 0.717) is 19.3 Å². The first-order valence-corrected chi connectivity index (χ1v) is 10.6. The second-order valence-corrected chi connectivity index (χ2v) is 9.74. The number of carboxylic acids is 1. The van der Waals surface area contributed by atoms with Gasteiger partial charge >= 0.3 is 5.97 Å². The quantitative estimate of drug-likeness (QED) is 0.672. The van der Waals surface area contributed by atoms with Crippen LogP contribution in [0.1, 0.15) is 38.7 Å². The number of benzene rings is 1. The fraction of sp³-hybridized carbons (Fsp3) is 0.579. The number of hydrogen-bond donors (Lipinski definition) is 3. The molecule has 1 heterocycles. The molecule has 7 nitrogen and oxygen atoms in total. The topological polar surface area (TPSA) is 121 Å². The zero-order valence-electron chi connectivity index (χ0n) is 15.4. The monoisotopic (exact) mass is 395 g/mol. The number of para-hydroxylation sites is 1. The lowest BCUT2D eigenvalue weighted by molar-refractivity contribution is -0.137. The number of carboxylic acid groups (broad SMARTS) is 1. The average molecular weight is 395 g/mol. The second-order valence-electron chi connectivity index (χ2n) is 8.29. The Kier molecular flexibility index (Phi) is 4.84. The molecule has 1 aliphatic heterocycles. The van der Waals surface area contributed by atoms with E-state index in [1.165, 1.54) is 0 Å². The zero-order chi connectivity index (χ0) is 20.0. The molecule has 148 valence electrons. The van der Waals surface area contributed by atoms with Crippen LogP contribution in [0.5, 0.6) is 0 Å². The first kappa shape index (κ1) is 19.8. The van der Waals surface area contributed by atoms with E-state index in [0.717, 1.165) is 17.7 Å². The summed E-state index contributed by atoms with van der Waals surface area (Å²) >= 11 is 0. The molecule has 4 rings (SSSR count). The lowest BCUT2D eigenvalue weighted by atomic mass is 9.70. The maximum Gasteiger partial charge on any atom is 0.326 e. The van der Waals surface area contributed by atoms with Gasteiger partial charge in [-0.3, -0.25) is 9.35 Å². The van der Waals surface area contributed by atoms with Crippen molar-refractivity contribution in [3.8, 4) is 0 Å². The van der Waals surface area contributed by atoms with E-state index >= 15 is 0 Å². The van der Waals surface area contributed by atoms with Crippen LogP contribution in [0, 0.1) is 16.7 Å². The van der Waals surface area contributed by atoms with Crippen LogP contribution in [0.4, 0.5) is 5.69 Å². The summed E-state index contributed by atoms with van der Waals surface area (Å²) in [5, 5.41) is 11.7. The molecule has 0 radical (unpaired) electrons. The van der Waals surface area contributed by atoms with Crippen molar-refractivity contribution in [2.75, 3.05) is 11.1 Å². The highest BCUT2D eigenvalue weighted by Gasteiger charge is 2.65. The number of rotatable bonds is 3. The number of ketones is 1. The largest absolute Gasteiger partial charge is 0.480 e. The standard InChI is InChI=1S/C10H16O4S.C9H9NO2/c1-9(2)7-3-4-10(9,8(11)5-7)6-15(12,13)14;11-9(12)8-5-6-3-1-2-4-7(6)10-8/h7H,3-6H2,1-2H3,(H,12,13,14);1-4,8,10H,5H2,(H,11,12)/t7?,10-;8-/m11/s1. The van der Waals surface area contributed by atoms with Gasteiger partial charge < -0.3 is 10.4 Å². The summed E-state index contributed by atoms with van der Waals surface area (Å²) in [7, 11) is -4.08. The summed E-state index contributed by atoms with van der Waals surface area (Å²) in [6.45, 7) is 3.89. The van der Waals surface area contributed by atoms with Gasteiger partial charge in [0.25, 0.3) is 10.1 Å². The van der Waals surface area contributed by atoms with Gasteiger partial charge in [0.15, 0.2) is 0 Å². The minimum atomic E-state index is -4.08. The summed E-state index contributed by atoms with van der Waals surface area (Å²) in [5.74, 6) is -0.887. The summed E-state index contributed by atoms with van der Waals surface area (Å²) < 4.78 is 31.0. The van der Waals surface area contributed by atoms with Crippen molar-refractivity contribution in [3.05, 3.63) is 29.8 Å². The minimum absolute atomic E-state index is 0.0152. The predicted molar refractivity (Wildman–Crippen MR) is 100 cm³/mol. The third-order valence-corrected chi connectivity index (χ3v) is 7.49. The molecule has 1 aromatic rings. The number of Topliss-reactive ketones (excluding diaryl/α,β-unsaturated/α-hetero) is 1. The molecule has 1 unspecified atom stereocenters. The van der Waals surface area contributed by atoms with Crippen molar-refractivity contribution in [1.29, 1.82) is 0 Å². The summed E-state index contributed by atoms with van der Waals surface area (Å²) in [6.07, 6.45) is 2.56. The number of carbonyl (C=O) groups excluding carboxylic acids is 1. The van der Waals surface area contributed by atoms with Crippen LogP contribution in [0.3, 0.4) is 0 Å². The van der Waals surface area contributed by atoms with E-state index in [-0.39, 0.29) is 17.1 Å². The van der Waals surface area contributed by atoms with Crippen molar-refractivity contribution in [2.45, 2.75) is 45.6 Å². The molecule has 2 bridgehead atoms. The molecule has 1 aromatic carbocycles. The van der Waals surface area contributed by atoms with Crippen LogP contribution in [0.2, 0.25) is 0 Å². The van der Waals surface area contributed by atoms with Crippen LogP contribution in [-0.2, 0) is 26.1 Å². The normalized spacial score (nSPS) is 30.3. The SMILES string of the molecule is CC1(C)C2CC[C@@]1(CS(=O)(=O)O)C(=O)C2.O=C(O)[C@H]1Cc2ccccc2N1. The van der Waals surface area contributed by atoms with Crippen LogP contribution in [0.15, 0.2) is 24.3 Å². The molecule has 3 atom stereocenters. The molecule has 0 aromatic heterocycles. The fourth-order valence-corrected chi connectivity index (χ4v) is 6.17. The molecular weight excluding hydrogens is 370 g/mol. The molecule has 8 heteroatoms. The Hall–Kier alpha value is -1.93. The maximum atomic E-state index is 11.9. The van der Waals surface area contributed by atoms with Crippen LogP contribution >= 0.6 is 0 Å². The number of carbonyl (C=O) groups is 2. The van der Waals surface area contributed by atoms with E-state index in [2.05, 4.69) is 5.32 Å². The van der Waals surface area contributed by atoms with Crippen LogP contribution in [0.25, 0.3) is 0 Å². The Morgan fingerprint density at radius 2 is 1.93 bits per heavy atom. The third-order valence-electron chi connectivity index (χ3n) is 6.64. The lowest BCUT2D eigenvalue weighted by Gasteiger charge is -2.35. The van der Waals surface area contributed by atoms with Crippen molar-refractivity contribution >= 4 is 27.6 Å². The molecule has 3 aliphatic rings. The van der Waals surface area contributed by atoms with Gasteiger partial charge in [0.1, 0.15) is 11.8 Å². The molecule has 2 aliphatic carbocycles. The molecule has 0 saturated heterocycles. The Morgan fingerprint density at radius 1 is 1.26 bits per heavy atom. The molecule has 0 spiro atoms. The summed E-state index contributed by atoms with van der Waals surface area (Å²) in [4.78, 5) is 22.5. The van der Waals surface area contributed by atoms with Crippen molar-refractivity contribution < 1.29 is 27.7 Å². The molecule has 3 N–H and O–H groups in total. The van der Waals surface area contributed by atoms with Gasteiger partial charge in [0.2, 0.25) is 0 Å². The summed E-state index contributed by atoms with van der Waals surface area (Å²) in [5.41, 5.74) is 0.917. The highest BCUT2D eigenvalue weighted by atomic mass is 32.2. The Morgan fingerprint density at radius 3 is 2.41 bits per heavy atom. The molecule has 2 saturated carbocycles. The van der Waals surface area contributed by atoms with E-state index in [9.17, 15) is 18.0 Å². The number of nitrogens with one attached hydrogen (secondary N) is 1. The smallest absolute Gasteiger partial charge is 0.326 e.